The van der Waals surface area contributed by atoms with Crippen LogP contribution in [0.5, 0.6) is 0 Å². The molecule has 0 atom stereocenters. The Kier molecular flexibility index (Phi) is 5.00. The zero-order valence-corrected chi connectivity index (χ0v) is 26.6. The number of hydrogen-bond acceptors (Lipinski definition) is 1. The first-order valence-electron chi connectivity index (χ1n) is 16.2. The second-order valence-corrected chi connectivity index (χ2v) is 13.5. The Labute approximate surface area is 280 Å². The molecule has 9 aromatic rings. The van der Waals surface area contributed by atoms with Gasteiger partial charge in [0, 0.05) is 16.3 Å². The van der Waals surface area contributed by atoms with E-state index < -0.39 is 5.41 Å². The van der Waals surface area contributed by atoms with Crippen molar-refractivity contribution in [1.82, 2.24) is 0 Å². The van der Waals surface area contributed by atoms with Gasteiger partial charge in [-0.1, -0.05) is 140 Å². The predicted octanol–water partition coefficient (Wildman–Crippen LogP) is 10.7. The zero-order valence-electron chi connectivity index (χ0n) is 25.4. The Morgan fingerprint density at radius 3 is 1.49 bits per heavy atom. The highest BCUT2D eigenvalue weighted by Gasteiger charge is 2.52. The summed E-state index contributed by atoms with van der Waals surface area (Å²) in [6, 6.07) is 55.9. The summed E-state index contributed by atoms with van der Waals surface area (Å²) in [7, 11) is 0. The highest BCUT2D eigenvalue weighted by molar-refractivity contribution is 6.47. The lowest BCUT2D eigenvalue weighted by Crippen LogP contribution is -2.25. The normalized spacial score (nSPS) is 13.8. The van der Waals surface area contributed by atoms with Crippen LogP contribution in [0.3, 0.4) is 0 Å². The third-order valence-corrected chi connectivity index (χ3v) is 11.5. The average molecular weight is 609 g/mol. The molecule has 47 heavy (non-hydrogen) atoms. The molecule has 2 aliphatic rings. The van der Waals surface area contributed by atoms with Gasteiger partial charge in [0.2, 0.25) is 0 Å². The third kappa shape index (κ3) is 3.06. The minimum absolute atomic E-state index is 0.465. The molecule has 0 unspecified atom stereocenters. The molecule has 0 N–H and O–H groups in total. The monoisotopic (exact) mass is 608 g/mol. The molecule has 1 spiro atoms. The molecule has 0 aliphatic heterocycles. The molecule has 0 fully saturated rings. The Hall–Kier alpha value is -5.39. The van der Waals surface area contributed by atoms with E-state index in [0.717, 1.165) is 16.6 Å². The summed E-state index contributed by atoms with van der Waals surface area (Å²) in [6.07, 6.45) is 0. The Morgan fingerprint density at radius 1 is 0.404 bits per heavy atom. The molecular formula is C45H25AlO. The van der Waals surface area contributed by atoms with Gasteiger partial charge in [-0.3, -0.25) is 0 Å². The van der Waals surface area contributed by atoms with E-state index in [9.17, 15) is 0 Å². The molecule has 8 aromatic carbocycles. The van der Waals surface area contributed by atoms with Crippen LogP contribution in [0.25, 0.3) is 76.9 Å². The average Bonchev–Trinajstić information content (AvgIpc) is 3.76. The first kappa shape index (κ1) is 25.8. The number of benzene rings is 8. The minimum Gasteiger partial charge on any atom is -0.455 e. The molecule has 0 saturated heterocycles. The van der Waals surface area contributed by atoms with Crippen LogP contribution < -0.4 is 4.43 Å². The lowest BCUT2D eigenvalue weighted by molar-refractivity contribution is 0.669. The second kappa shape index (κ2) is 9.12. The van der Waals surface area contributed by atoms with E-state index in [1.165, 1.54) is 87.0 Å². The first-order chi connectivity index (χ1) is 23.3. The lowest BCUT2D eigenvalue weighted by Gasteiger charge is -2.31. The summed E-state index contributed by atoms with van der Waals surface area (Å²) in [5.41, 5.74) is 14.2. The van der Waals surface area contributed by atoms with Gasteiger partial charge in [0.15, 0.2) is 16.3 Å². The molecule has 2 heteroatoms. The fourth-order valence-electron chi connectivity index (χ4n) is 9.10. The van der Waals surface area contributed by atoms with E-state index in [1.54, 1.807) is 0 Å². The standard InChI is InChI=1S/C45H25O.Al/c1-3-15-29-27(13-1)25-28-14-2-4-16-30(28)41(29)35-26-39-43(44-42(35)34-20-8-12-24-40(34)46-44)33-19-7-11-23-38(33)45(39)36-21-9-5-17-31(36)32-18-6-10-22-37(32)45;/h1-24,26H;. The van der Waals surface area contributed by atoms with Crippen molar-refractivity contribution in [2.75, 3.05) is 0 Å². The van der Waals surface area contributed by atoms with E-state index in [-0.39, 0.29) is 0 Å². The van der Waals surface area contributed by atoms with Crippen LogP contribution in [0.1, 0.15) is 22.3 Å². The molecule has 2 radical (unpaired) electrons. The van der Waals surface area contributed by atoms with Crippen molar-refractivity contribution in [2.24, 2.45) is 0 Å². The van der Waals surface area contributed by atoms with Crippen LogP contribution in [-0.4, -0.2) is 16.3 Å². The van der Waals surface area contributed by atoms with Gasteiger partial charge in [0.25, 0.3) is 0 Å². The number of fused-ring (bicyclic) bond motifs is 16. The minimum atomic E-state index is -0.465. The topological polar surface area (TPSA) is 13.1 Å². The van der Waals surface area contributed by atoms with Gasteiger partial charge < -0.3 is 4.42 Å². The summed E-state index contributed by atoms with van der Waals surface area (Å²) < 4.78 is 8.27. The van der Waals surface area contributed by atoms with Crippen LogP contribution in [0, 0.1) is 0 Å². The van der Waals surface area contributed by atoms with Crippen LogP contribution >= 0.6 is 0 Å². The van der Waals surface area contributed by atoms with Gasteiger partial charge >= 0.3 is 0 Å². The summed E-state index contributed by atoms with van der Waals surface area (Å²) in [5.74, 6) is 0. The number of rotatable bonds is 1. The second-order valence-electron chi connectivity index (χ2n) is 12.9. The van der Waals surface area contributed by atoms with E-state index in [2.05, 4.69) is 168 Å². The van der Waals surface area contributed by atoms with Crippen LogP contribution in [0.2, 0.25) is 0 Å². The van der Waals surface area contributed by atoms with Crippen molar-refractivity contribution < 1.29 is 4.42 Å². The maximum Gasteiger partial charge on any atom is 0.177 e. The van der Waals surface area contributed by atoms with E-state index >= 15 is 0 Å². The van der Waals surface area contributed by atoms with Gasteiger partial charge in [-0.2, -0.15) is 0 Å². The molecule has 0 bridgehead atoms. The zero-order chi connectivity index (χ0) is 30.9. The van der Waals surface area contributed by atoms with Crippen molar-refractivity contribution in [3.8, 4) is 33.4 Å². The molecule has 1 heterocycles. The Bertz CT molecular complexity index is 2720. The van der Waals surface area contributed by atoms with Crippen molar-refractivity contribution >= 4 is 64.2 Å². The highest BCUT2D eigenvalue weighted by atomic mass is 27.0. The maximum absolute atomic E-state index is 7.04. The van der Waals surface area contributed by atoms with Gasteiger partial charge in [-0.25, -0.2) is 0 Å². The van der Waals surface area contributed by atoms with E-state index in [0.29, 0.717) is 0 Å². The maximum atomic E-state index is 7.04. The molecule has 11 rings (SSSR count). The fourth-order valence-corrected chi connectivity index (χ4v) is 9.60. The lowest BCUT2D eigenvalue weighted by atomic mass is 9.70. The van der Waals surface area contributed by atoms with Crippen LogP contribution in [0.4, 0.5) is 0 Å². The molecule has 1 aromatic heterocycles. The molecule has 214 valence electrons. The Morgan fingerprint density at radius 2 is 0.872 bits per heavy atom. The largest absolute Gasteiger partial charge is 0.455 e. The van der Waals surface area contributed by atoms with Crippen molar-refractivity contribution in [3.05, 3.63) is 174 Å². The third-order valence-electron chi connectivity index (χ3n) is 10.8. The van der Waals surface area contributed by atoms with Crippen molar-refractivity contribution in [3.63, 3.8) is 0 Å². The Balaban J connectivity index is 1.42. The fraction of sp³-hybridized carbons (Fsp3) is 0.0222. The number of hydrogen-bond donors (Lipinski definition) is 0. The molecule has 0 amide bonds. The molecule has 0 saturated carbocycles. The number of para-hydroxylation sites is 1. The summed E-state index contributed by atoms with van der Waals surface area (Å²) in [5, 5.41) is 7.33. The molecule has 1 nitrogen and oxygen atoms in total. The van der Waals surface area contributed by atoms with Gasteiger partial charge in [-0.05, 0) is 83.7 Å². The summed E-state index contributed by atoms with van der Waals surface area (Å²) in [4.78, 5) is 0. The van der Waals surface area contributed by atoms with Gasteiger partial charge in [-0.15, -0.1) is 4.43 Å². The number of furan rings is 1. The molecular weight excluding hydrogens is 583 g/mol. The predicted molar refractivity (Wildman–Crippen MR) is 196 cm³/mol. The summed E-state index contributed by atoms with van der Waals surface area (Å²) in [6.45, 7) is 0. The van der Waals surface area contributed by atoms with Crippen LogP contribution in [-0.2, 0) is 5.41 Å². The summed E-state index contributed by atoms with van der Waals surface area (Å²) >= 11 is 3.04. The smallest absolute Gasteiger partial charge is 0.177 e. The molecule has 2 aliphatic carbocycles. The van der Waals surface area contributed by atoms with E-state index in [1.807, 2.05) is 0 Å². The van der Waals surface area contributed by atoms with Gasteiger partial charge in [0.1, 0.15) is 11.2 Å². The highest BCUT2D eigenvalue weighted by Crippen LogP contribution is 2.65. The van der Waals surface area contributed by atoms with E-state index in [4.69, 9.17) is 4.42 Å². The quantitative estimate of drug-likeness (QED) is 0.133. The van der Waals surface area contributed by atoms with Gasteiger partial charge in [0.05, 0.1) is 5.41 Å². The van der Waals surface area contributed by atoms with Crippen molar-refractivity contribution in [2.45, 2.75) is 5.41 Å². The first-order valence-corrected chi connectivity index (χ1v) is 16.8. The van der Waals surface area contributed by atoms with Crippen LogP contribution in [0.15, 0.2) is 156 Å². The SMILES string of the molecule is [Al][c]1c2ccccc2c(-c2cc3c(c4oc5ccccc5c24)-c2ccccc2C32c3ccccc3-c3ccccc32)c2ccccc12. The van der Waals surface area contributed by atoms with Crippen molar-refractivity contribution in [1.29, 1.82) is 0 Å².